The molecule has 0 fully saturated rings. The normalized spacial score (nSPS) is 20.9. The highest BCUT2D eigenvalue weighted by Gasteiger charge is 2.29. The van der Waals surface area contributed by atoms with E-state index < -0.39 is 21.8 Å². The van der Waals surface area contributed by atoms with Gasteiger partial charge in [0.25, 0.3) is 0 Å². The highest BCUT2D eigenvalue weighted by molar-refractivity contribution is 7.90. The number of nitrogens with two attached hydrogens (primary N) is 1. The van der Waals surface area contributed by atoms with E-state index in [9.17, 15) is 13.5 Å². The molecule has 0 spiro atoms. The number of nitrogens with one attached hydrogen (secondary N) is 2. The second-order valence-electron chi connectivity index (χ2n) is 5.53. The van der Waals surface area contributed by atoms with E-state index in [0.29, 0.717) is 23.6 Å². The minimum atomic E-state index is -3.63. The van der Waals surface area contributed by atoms with Gasteiger partial charge >= 0.3 is 10.2 Å². The molecule has 7 nitrogen and oxygen atoms in total. The first-order chi connectivity index (χ1) is 9.24. The number of rotatable bonds is 4. The van der Waals surface area contributed by atoms with Crippen molar-refractivity contribution in [1.29, 1.82) is 0 Å². The average molecular weight is 301 g/mol. The Morgan fingerprint density at radius 3 is 2.80 bits per heavy atom. The van der Waals surface area contributed by atoms with Crippen LogP contribution >= 0.6 is 0 Å². The smallest absolute Gasteiger partial charge is 0.300 e. The van der Waals surface area contributed by atoms with Gasteiger partial charge in [-0.1, -0.05) is 19.9 Å². The molecule has 0 aliphatic carbocycles. The predicted octanol–water partition coefficient (Wildman–Crippen LogP) is 0.301. The Morgan fingerprint density at radius 1 is 1.45 bits per heavy atom. The van der Waals surface area contributed by atoms with Crippen molar-refractivity contribution < 1.29 is 18.3 Å². The quantitative estimate of drug-likeness (QED) is 0.639. The molecule has 0 saturated heterocycles. The molecule has 8 heteroatoms. The molecule has 2 rings (SSSR count). The second kappa shape index (κ2) is 5.21. The molecule has 0 saturated carbocycles. The Morgan fingerprint density at radius 2 is 2.15 bits per heavy atom. The van der Waals surface area contributed by atoms with E-state index >= 15 is 0 Å². The van der Waals surface area contributed by atoms with E-state index in [1.807, 2.05) is 13.8 Å². The fourth-order valence-electron chi connectivity index (χ4n) is 1.80. The van der Waals surface area contributed by atoms with Crippen LogP contribution in [0.25, 0.3) is 0 Å². The fourth-order valence-corrected chi connectivity index (χ4v) is 2.78. The van der Waals surface area contributed by atoms with Crippen molar-refractivity contribution >= 4 is 15.9 Å². The predicted molar refractivity (Wildman–Crippen MR) is 75.4 cm³/mol. The van der Waals surface area contributed by atoms with Crippen molar-refractivity contribution in [2.45, 2.75) is 20.0 Å². The maximum Gasteiger partial charge on any atom is 0.300 e. The number of ether oxygens (including phenoxy) is 1. The van der Waals surface area contributed by atoms with Crippen LogP contribution in [0, 0.1) is 5.41 Å². The summed E-state index contributed by atoms with van der Waals surface area (Å²) in [5, 5.41) is 9.22. The summed E-state index contributed by atoms with van der Waals surface area (Å²) >= 11 is 0. The minimum Gasteiger partial charge on any atom is -0.492 e. The van der Waals surface area contributed by atoms with Crippen LogP contribution in [-0.2, 0) is 10.2 Å². The van der Waals surface area contributed by atoms with Gasteiger partial charge in [0.15, 0.2) is 0 Å². The number of benzene rings is 1. The summed E-state index contributed by atoms with van der Waals surface area (Å²) in [6.07, 6.45) is -0.871. The summed E-state index contributed by atoms with van der Waals surface area (Å²) in [5.74, 6) is 0.492. The van der Waals surface area contributed by atoms with E-state index in [2.05, 4.69) is 9.44 Å². The zero-order chi connectivity index (χ0) is 15.0. The van der Waals surface area contributed by atoms with Gasteiger partial charge in [-0.2, -0.15) is 13.1 Å². The molecule has 1 unspecified atom stereocenters. The minimum absolute atomic E-state index is 0.0149. The lowest BCUT2D eigenvalue weighted by Crippen LogP contribution is -2.42. The monoisotopic (exact) mass is 301 g/mol. The van der Waals surface area contributed by atoms with Gasteiger partial charge < -0.3 is 15.6 Å². The Labute approximate surface area is 118 Å². The largest absolute Gasteiger partial charge is 0.492 e. The molecule has 0 amide bonds. The molecule has 0 bridgehead atoms. The Kier molecular flexibility index (Phi) is 3.92. The number of anilines is 1. The molecule has 112 valence electrons. The SMILES string of the molecule is CC(C)(CO)COc1cccc2c1C(N)NS(=O)(=O)N2. The summed E-state index contributed by atoms with van der Waals surface area (Å²) in [5.41, 5.74) is 6.39. The van der Waals surface area contributed by atoms with Gasteiger partial charge in [0.05, 0.1) is 24.5 Å². The van der Waals surface area contributed by atoms with E-state index in [1.165, 1.54) is 0 Å². The highest BCUT2D eigenvalue weighted by atomic mass is 32.2. The molecule has 5 N–H and O–H groups in total. The third kappa shape index (κ3) is 3.21. The molecule has 1 aliphatic rings. The van der Waals surface area contributed by atoms with Gasteiger partial charge in [0, 0.05) is 5.41 Å². The molecule has 0 radical (unpaired) electrons. The van der Waals surface area contributed by atoms with E-state index in [4.69, 9.17) is 10.5 Å². The number of aliphatic hydroxyl groups is 1. The summed E-state index contributed by atoms with van der Waals surface area (Å²) in [6, 6.07) is 5.02. The molecule has 1 aliphatic heterocycles. The second-order valence-corrected chi connectivity index (χ2v) is 6.98. The number of aliphatic hydroxyl groups excluding tert-OH is 1. The lowest BCUT2D eigenvalue weighted by Gasteiger charge is -2.28. The first-order valence-electron chi connectivity index (χ1n) is 6.16. The van der Waals surface area contributed by atoms with Gasteiger partial charge in [0.2, 0.25) is 0 Å². The molecular weight excluding hydrogens is 282 g/mol. The number of hydrogen-bond donors (Lipinski definition) is 4. The van der Waals surface area contributed by atoms with Crippen molar-refractivity contribution in [3.63, 3.8) is 0 Å². The summed E-state index contributed by atoms with van der Waals surface area (Å²) < 4.78 is 33.4. The van der Waals surface area contributed by atoms with E-state index in [1.54, 1.807) is 18.2 Å². The standard InChI is InChI=1S/C12H19N3O4S/c1-12(2,6-16)7-19-9-5-3-4-8-10(9)11(13)15-20(17,18)14-8/h3-5,11,14-16H,6-7,13H2,1-2H3. The molecule has 1 aromatic rings. The topological polar surface area (TPSA) is 114 Å². The summed E-state index contributed by atoms with van der Waals surface area (Å²) in [6.45, 7) is 4.00. The third-order valence-corrected chi connectivity index (χ3v) is 4.00. The summed E-state index contributed by atoms with van der Waals surface area (Å²) in [7, 11) is -3.63. The molecular formula is C12H19N3O4S. The van der Waals surface area contributed by atoms with E-state index in [-0.39, 0.29) is 6.61 Å². The lowest BCUT2D eigenvalue weighted by molar-refractivity contribution is 0.0968. The van der Waals surface area contributed by atoms with Crippen LogP contribution in [0.2, 0.25) is 0 Å². The molecule has 0 aromatic heterocycles. The zero-order valence-corrected chi connectivity index (χ0v) is 12.2. The maximum atomic E-state index is 11.5. The zero-order valence-electron chi connectivity index (χ0n) is 11.4. The molecule has 20 heavy (non-hydrogen) atoms. The fraction of sp³-hybridized carbons (Fsp3) is 0.500. The van der Waals surface area contributed by atoms with Crippen LogP contribution in [0.3, 0.4) is 0 Å². The third-order valence-electron chi connectivity index (χ3n) is 2.95. The van der Waals surface area contributed by atoms with Gasteiger partial charge in [-0.25, -0.2) is 0 Å². The maximum absolute atomic E-state index is 11.5. The average Bonchev–Trinajstić information content (AvgIpc) is 2.34. The van der Waals surface area contributed by atoms with Crippen molar-refractivity contribution in [1.82, 2.24) is 4.72 Å². The van der Waals surface area contributed by atoms with Crippen LogP contribution in [-0.4, -0.2) is 26.7 Å². The number of hydrogen-bond acceptors (Lipinski definition) is 5. The highest BCUT2D eigenvalue weighted by Crippen LogP contribution is 2.34. The van der Waals surface area contributed by atoms with Gasteiger partial charge in [-0.05, 0) is 12.1 Å². The van der Waals surface area contributed by atoms with Gasteiger partial charge in [0.1, 0.15) is 11.9 Å². The number of fused-ring (bicyclic) bond motifs is 1. The van der Waals surface area contributed by atoms with Crippen LogP contribution in [0.5, 0.6) is 5.75 Å². The first-order valence-corrected chi connectivity index (χ1v) is 7.65. The molecule has 1 aromatic carbocycles. The summed E-state index contributed by atoms with van der Waals surface area (Å²) in [4.78, 5) is 0. The first kappa shape index (κ1) is 15.0. The van der Waals surface area contributed by atoms with Crippen molar-refractivity contribution in [2.24, 2.45) is 11.1 Å². The Balaban J connectivity index is 2.29. The van der Waals surface area contributed by atoms with Crippen LogP contribution < -0.4 is 19.9 Å². The van der Waals surface area contributed by atoms with Gasteiger partial charge in [-0.15, -0.1) is 0 Å². The van der Waals surface area contributed by atoms with Crippen LogP contribution in [0.4, 0.5) is 5.69 Å². The molecule has 1 atom stereocenters. The Bertz CT molecular complexity index is 601. The van der Waals surface area contributed by atoms with E-state index in [0.717, 1.165) is 0 Å². The van der Waals surface area contributed by atoms with Crippen LogP contribution in [0.1, 0.15) is 25.6 Å². The van der Waals surface area contributed by atoms with Crippen LogP contribution in [0.15, 0.2) is 18.2 Å². The van der Waals surface area contributed by atoms with Crippen molar-refractivity contribution in [2.75, 3.05) is 17.9 Å². The van der Waals surface area contributed by atoms with Gasteiger partial charge in [-0.3, -0.25) is 4.72 Å². The van der Waals surface area contributed by atoms with Crippen molar-refractivity contribution in [3.8, 4) is 5.75 Å². The lowest BCUT2D eigenvalue weighted by atomic mass is 9.96. The Hall–Kier alpha value is -1.35. The van der Waals surface area contributed by atoms with Crippen molar-refractivity contribution in [3.05, 3.63) is 23.8 Å². The molecule has 1 heterocycles.